The minimum absolute atomic E-state index is 0.280. The van der Waals surface area contributed by atoms with Gasteiger partial charge in [0.2, 0.25) is 5.75 Å². The number of nitrogen functional groups attached to an aromatic ring is 1. The van der Waals surface area contributed by atoms with Gasteiger partial charge in [-0.15, -0.1) is 0 Å². The molecule has 0 spiro atoms. The fourth-order valence-corrected chi connectivity index (χ4v) is 1.27. The zero-order chi connectivity index (χ0) is 11.7. The molecule has 1 aromatic carbocycles. The predicted octanol–water partition coefficient (Wildman–Crippen LogP) is 1.43. The number of hydrogen-bond donors (Lipinski definition) is 2. The average Bonchev–Trinajstić information content (AvgIpc) is 2.19. The van der Waals surface area contributed by atoms with Gasteiger partial charge in [-0.1, -0.05) is 0 Å². The van der Waals surface area contributed by atoms with Crippen molar-refractivity contribution in [3.63, 3.8) is 0 Å². The number of nitrogens with two attached hydrogens (primary N) is 1. The van der Waals surface area contributed by atoms with Gasteiger partial charge in [0.1, 0.15) is 5.58 Å². The lowest BCUT2D eigenvalue weighted by Crippen LogP contribution is -2.11. The Bertz CT molecular complexity index is 616. The van der Waals surface area contributed by atoms with Crippen molar-refractivity contribution in [2.24, 2.45) is 0 Å². The summed E-state index contributed by atoms with van der Waals surface area (Å²) in [6.45, 7) is 0. The minimum Gasteiger partial charge on any atom is -0.449 e. The Morgan fingerprint density at radius 3 is 2.81 bits per heavy atom. The molecule has 0 bridgehead atoms. The van der Waals surface area contributed by atoms with E-state index in [1.165, 1.54) is 12.1 Å². The summed E-state index contributed by atoms with van der Waals surface area (Å²) in [4.78, 5) is 21.6. The van der Waals surface area contributed by atoms with Crippen molar-refractivity contribution in [2.75, 3.05) is 5.73 Å². The first-order valence-electron chi connectivity index (χ1n) is 4.30. The number of anilines is 1. The maximum atomic E-state index is 11.3. The Balaban J connectivity index is 2.63. The van der Waals surface area contributed by atoms with E-state index in [4.69, 9.17) is 15.3 Å². The maximum Gasteiger partial charge on any atom is 0.511 e. The highest BCUT2D eigenvalue weighted by Crippen LogP contribution is 2.19. The number of carboxylic acid groups (broad SMARTS) is 1. The Morgan fingerprint density at radius 2 is 2.12 bits per heavy atom. The van der Waals surface area contributed by atoms with Crippen LogP contribution in [0.1, 0.15) is 0 Å². The molecule has 16 heavy (non-hydrogen) atoms. The molecule has 3 N–H and O–H groups in total. The van der Waals surface area contributed by atoms with Crippen LogP contribution in [-0.2, 0) is 0 Å². The van der Waals surface area contributed by atoms with Crippen LogP contribution in [0.15, 0.2) is 33.5 Å². The molecule has 0 unspecified atom stereocenters. The number of carbonyl (C=O) groups is 1. The summed E-state index contributed by atoms with van der Waals surface area (Å²) in [5.41, 5.74) is 5.37. The third-order valence-electron chi connectivity index (χ3n) is 1.93. The van der Waals surface area contributed by atoms with Crippen LogP contribution in [-0.4, -0.2) is 11.3 Å². The lowest BCUT2D eigenvalue weighted by Gasteiger charge is -2.01. The van der Waals surface area contributed by atoms with E-state index in [0.29, 0.717) is 11.1 Å². The highest BCUT2D eigenvalue weighted by atomic mass is 16.7. The van der Waals surface area contributed by atoms with Gasteiger partial charge in [-0.3, -0.25) is 0 Å². The van der Waals surface area contributed by atoms with Crippen LogP contribution in [0.25, 0.3) is 11.0 Å². The van der Waals surface area contributed by atoms with Crippen molar-refractivity contribution < 1.29 is 19.1 Å². The summed E-state index contributed by atoms with van der Waals surface area (Å²) in [7, 11) is 0. The molecule has 1 heterocycles. The number of fused-ring (bicyclic) bond motifs is 1. The Kier molecular flexibility index (Phi) is 2.24. The molecular formula is C10H7NO5. The number of rotatable bonds is 1. The minimum atomic E-state index is -1.57. The summed E-state index contributed by atoms with van der Waals surface area (Å²) >= 11 is 0. The summed E-state index contributed by atoms with van der Waals surface area (Å²) in [6, 6.07) is 5.96. The first kappa shape index (κ1) is 10.0. The maximum absolute atomic E-state index is 11.3. The normalized spacial score (nSPS) is 10.2. The molecule has 0 saturated carbocycles. The molecule has 6 nitrogen and oxygen atoms in total. The second kappa shape index (κ2) is 3.58. The molecule has 2 aromatic rings. The van der Waals surface area contributed by atoms with Gasteiger partial charge >= 0.3 is 11.8 Å². The number of ether oxygens (including phenoxy) is 1. The third-order valence-corrected chi connectivity index (χ3v) is 1.93. The van der Waals surface area contributed by atoms with Crippen LogP contribution < -0.4 is 16.1 Å². The van der Waals surface area contributed by atoms with Crippen LogP contribution in [0, 0.1) is 0 Å². The molecule has 0 saturated heterocycles. The van der Waals surface area contributed by atoms with E-state index in [1.54, 1.807) is 12.1 Å². The molecule has 0 aliphatic rings. The zero-order valence-electron chi connectivity index (χ0n) is 7.97. The van der Waals surface area contributed by atoms with E-state index in [-0.39, 0.29) is 11.3 Å². The molecule has 1 aromatic heterocycles. The van der Waals surface area contributed by atoms with Crippen LogP contribution >= 0.6 is 0 Å². The second-order valence-corrected chi connectivity index (χ2v) is 3.06. The van der Waals surface area contributed by atoms with Gasteiger partial charge in [0, 0.05) is 17.1 Å². The SMILES string of the molecule is Nc1ccc2cc(OC(=O)O)c(=O)oc2c1. The zero-order valence-corrected chi connectivity index (χ0v) is 7.97. The lowest BCUT2D eigenvalue weighted by molar-refractivity contribution is 0.142. The van der Waals surface area contributed by atoms with Crippen molar-refractivity contribution in [3.05, 3.63) is 34.7 Å². The van der Waals surface area contributed by atoms with Gasteiger partial charge in [0.15, 0.2) is 0 Å². The topological polar surface area (TPSA) is 103 Å². The number of hydrogen-bond acceptors (Lipinski definition) is 5. The van der Waals surface area contributed by atoms with Crippen molar-refractivity contribution >= 4 is 22.8 Å². The highest BCUT2D eigenvalue weighted by Gasteiger charge is 2.09. The molecule has 0 amide bonds. The Hall–Kier alpha value is -2.50. The summed E-state index contributed by atoms with van der Waals surface area (Å²) < 4.78 is 9.11. The summed E-state index contributed by atoms with van der Waals surface area (Å²) in [6.07, 6.45) is -1.57. The van der Waals surface area contributed by atoms with Crippen molar-refractivity contribution in [1.29, 1.82) is 0 Å². The molecule has 82 valence electrons. The first-order valence-corrected chi connectivity index (χ1v) is 4.30. The number of benzene rings is 1. The highest BCUT2D eigenvalue weighted by molar-refractivity contribution is 5.81. The Morgan fingerprint density at radius 1 is 1.38 bits per heavy atom. The van der Waals surface area contributed by atoms with Gasteiger partial charge < -0.3 is 20.0 Å². The van der Waals surface area contributed by atoms with Gasteiger partial charge in [-0.2, -0.15) is 0 Å². The van der Waals surface area contributed by atoms with Crippen molar-refractivity contribution in [3.8, 4) is 5.75 Å². The summed E-state index contributed by atoms with van der Waals surface area (Å²) in [5.74, 6) is -0.371. The second-order valence-electron chi connectivity index (χ2n) is 3.06. The van der Waals surface area contributed by atoms with Crippen molar-refractivity contribution in [2.45, 2.75) is 0 Å². The molecule has 0 aliphatic carbocycles. The largest absolute Gasteiger partial charge is 0.511 e. The van der Waals surface area contributed by atoms with E-state index in [9.17, 15) is 9.59 Å². The lowest BCUT2D eigenvalue weighted by atomic mass is 10.2. The smallest absolute Gasteiger partial charge is 0.449 e. The van der Waals surface area contributed by atoms with Gasteiger partial charge in [-0.05, 0) is 18.2 Å². The fraction of sp³-hybridized carbons (Fsp3) is 0. The average molecular weight is 221 g/mol. The third kappa shape index (κ3) is 1.81. The summed E-state index contributed by atoms with van der Waals surface area (Å²) in [5, 5.41) is 8.92. The molecule has 0 fully saturated rings. The quantitative estimate of drug-likeness (QED) is 0.429. The van der Waals surface area contributed by atoms with E-state index < -0.39 is 11.8 Å². The van der Waals surface area contributed by atoms with E-state index in [2.05, 4.69) is 4.74 Å². The molecular weight excluding hydrogens is 214 g/mol. The van der Waals surface area contributed by atoms with E-state index in [1.807, 2.05) is 0 Å². The first-order chi connectivity index (χ1) is 7.56. The van der Waals surface area contributed by atoms with E-state index in [0.717, 1.165) is 0 Å². The van der Waals surface area contributed by atoms with Crippen LogP contribution in [0.4, 0.5) is 10.5 Å². The molecule has 6 heteroatoms. The fourth-order valence-electron chi connectivity index (χ4n) is 1.27. The molecule has 0 radical (unpaired) electrons. The van der Waals surface area contributed by atoms with Gasteiger partial charge in [0.05, 0.1) is 0 Å². The van der Waals surface area contributed by atoms with Crippen LogP contribution in [0.3, 0.4) is 0 Å². The van der Waals surface area contributed by atoms with Crippen LogP contribution in [0.5, 0.6) is 5.75 Å². The molecule has 0 aliphatic heterocycles. The van der Waals surface area contributed by atoms with Gasteiger partial charge in [-0.25, -0.2) is 9.59 Å². The monoisotopic (exact) mass is 221 g/mol. The van der Waals surface area contributed by atoms with Crippen LogP contribution in [0.2, 0.25) is 0 Å². The Labute approximate surface area is 88.9 Å². The van der Waals surface area contributed by atoms with Crippen molar-refractivity contribution in [1.82, 2.24) is 0 Å². The standard InChI is InChI=1S/C10H7NO5/c11-6-2-1-5-3-8(16-10(13)14)9(12)15-7(5)4-6/h1-4H,11H2,(H,13,14). The molecule has 2 rings (SSSR count). The van der Waals surface area contributed by atoms with E-state index >= 15 is 0 Å². The van der Waals surface area contributed by atoms with Gasteiger partial charge in [0.25, 0.3) is 0 Å². The molecule has 0 atom stereocenters. The predicted molar refractivity (Wildman–Crippen MR) is 55.5 cm³/mol.